The van der Waals surface area contributed by atoms with E-state index in [0.29, 0.717) is 19.5 Å². The summed E-state index contributed by atoms with van der Waals surface area (Å²) in [6.07, 6.45) is 8.52. The second kappa shape index (κ2) is 7.30. The molecule has 2 saturated carbocycles. The van der Waals surface area contributed by atoms with Crippen molar-refractivity contribution in [1.29, 1.82) is 0 Å². The summed E-state index contributed by atoms with van der Waals surface area (Å²) >= 11 is 0. The highest BCUT2D eigenvalue weighted by Crippen LogP contribution is 2.53. The largest absolute Gasteiger partial charge is 0.481 e. The fourth-order valence-corrected chi connectivity index (χ4v) is 4.87. The number of amides is 2. The highest BCUT2D eigenvalue weighted by Gasteiger charge is 2.56. The third-order valence-electron chi connectivity index (χ3n) is 6.29. The van der Waals surface area contributed by atoms with Gasteiger partial charge in [0.1, 0.15) is 0 Å². The molecule has 0 bridgehead atoms. The average molecular weight is 338 g/mol. The predicted molar refractivity (Wildman–Crippen MR) is 89.8 cm³/mol. The zero-order chi connectivity index (χ0) is 17.2. The molecule has 0 aromatic rings. The van der Waals surface area contributed by atoms with E-state index >= 15 is 0 Å². The molecule has 136 valence electrons. The van der Waals surface area contributed by atoms with Crippen molar-refractivity contribution in [3.05, 3.63) is 0 Å². The molecule has 1 saturated heterocycles. The Morgan fingerprint density at radius 3 is 2.67 bits per heavy atom. The van der Waals surface area contributed by atoms with Gasteiger partial charge in [-0.25, -0.2) is 4.79 Å². The molecule has 0 radical (unpaired) electrons. The quantitative estimate of drug-likeness (QED) is 0.826. The molecular weight excluding hydrogens is 308 g/mol. The van der Waals surface area contributed by atoms with Gasteiger partial charge in [0, 0.05) is 31.2 Å². The SMILES string of the molecule is CCOC1CC(NC(=O)N2CCCC(C(=O)O)C2)C12CCCCC2. The lowest BCUT2D eigenvalue weighted by Crippen LogP contribution is -2.66. The minimum Gasteiger partial charge on any atom is -0.481 e. The van der Waals surface area contributed by atoms with Gasteiger partial charge in [-0.2, -0.15) is 0 Å². The van der Waals surface area contributed by atoms with E-state index in [2.05, 4.69) is 5.32 Å². The number of urea groups is 1. The Bertz CT molecular complexity index is 476. The van der Waals surface area contributed by atoms with Gasteiger partial charge >= 0.3 is 12.0 Å². The summed E-state index contributed by atoms with van der Waals surface area (Å²) in [4.78, 5) is 25.5. The zero-order valence-electron chi connectivity index (χ0n) is 14.6. The molecule has 6 heteroatoms. The maximum atomic E-state index is 12.6. The highest BCUT2D eigenvalue weighted by molar-refractivity contribution is 5.77. The Morgan fingerprint density at radius 2 is 2.00 bits per heavy atom. The van der Waals surface area contributed by atoms with E-state index in [4.69, 9.17) is 4.74 Å². The van der Waals surface area contributed by atoms with Crippen molar-refractivity contribution in [2.24, 2.45) is 11.3 Å². The van der Waals surface area contributed by atoms with E-state index in [-0.39, 0.29) is 23.6 Å². The first-order chi connectivity index (χ1) is 11.6. The molecule has 2 amide bonds. The first-order valence-electron chi connectivity index (χ1n) is 9.46. The molecule has 6 nitrogen and oxygen atoms in total. The summed E-state index contributed by atoms with van der Waals surface area (Å²) in [7, 11) is 0. The van der Waals surface area contributed by atoms with Gasteiger partial charge in [-0.05, 0) is 39.0 Å². The number of nitrogens with one attached hydrogen (secondary N) is 1. The van der Waals surface area contributed by atoms with Crippen LogP contribution in [0.15, 0.2) is 0 Å². The second-order valence-electron chi connectivity index (χ2n) is 7.60. The predicted octanol–water partition coefficient (Wildman–Crippen LogP) is 2.62. The molecule has 0 aromatic carbocycles. The van der Waals surface area contributed by atoms with Gasteiger partial charge in [0.2, 0.25) is 0 Å². The summed E-state index contributed by atoms with van der Waals surface area (Å²) < 4.78 is 5.93. The van der Waals surface area contributed by atoms with Crippen molar-refractivity contribution in [3.8, 4) is 0 Å². The Hall–Kier alpha value is -1.30. The minimum atomic E-state index is -0.795. The van der Waals surface area contributed by atoms with Crippen LogP contribution < -0.4 is 5.32 Å². The van der Waals surface area contributed by atoms with Crippen LogP contribution in [-0.4, -0.2) is 53.8 Å². The molecule has 3 fully saturated rings. The third-order valence-corrected chi connectivity index (χ3v) is 6.29. The lowest BCUT2D eigenvalue weighted by atomic mass is 9.55. The van der Waals surface area contributed by atoms with E-state index < -0.39 is 11.9 Å². The Kier molecular flexibility index (Phi) is 5.33. The first kappa shape index (κ1) is 17.5. The molecular formula is C18H30N2O4. The number of rotatable bonds is 4. The van der Waals surface area contributed by atoms with E-state index in [1.54, 1.807) is 4.90 Å². The Balaban J connectivity index is 1.60. The number of piperidine rings is 1. The average Bonchev–Trinajstić information content (AvgIpc) is 2.61. The molecule has 2 N–H and O–H groups in total. The number of hydrogen-bond acceptors (Lipinski definition) is 3. The van der Waals surface area contributed by atoms with Gasteiger partial charge in [-0.15, -0.1) is 0 Å². The smallest absolute Gasteiger partial charge is 0.317 e. The lowest BCUT2D eigenvalue weighted by molar-refractivity contribution is -0.147. The number of carbonyl (C=O) groups is 2. The van der Waals surface area contributed by atoms with Crippen LogP contribution in [-0.2, 0) is 9.53 Å². The summed E-state index contributed by atoms with van der Waals surface area (Å²) in [5.74, 6) is -1.22. The van der Waals surface area contributed by atoms with Gasteiger partial charge in [0.05, 0.1) is 12.0 Å². The monoisotopic (exact) mass is 338 g/mol. The molecule has 2 aliphatic carbocycles. The van der Waals surface area contributed by atoms with Crippen LogP contribution in [0.4, 0.5) is 4.79 Å². The summed E-state index contributed by atoms with van der Waals surface area (Å²) in [6, 6.07) is 0.0814. The number of hydrogen-bond donors (Lipinski definition) is 2. The van der Waals surface area contributed by atoms with Crippen molar-refractivity contribution in [2.45, 2.75) is 70.4 Å². The first-order valence-corrected chi connectivity index (χ1v) is 9.46. The van der Waals surface area contributed by atoms with Crippen molar-refractivity contribution in [2.75, 3.05) is 19.7 Å². The minimum absolute atomic E-state index is 0.0918. The van der Waals surface area contributed by atoms with Crippen LogP contribution in [0.3, 0.4) is 0 Å². The summed E-state index contributed by atoms with van der Waals surface area (Å²) in [6.45, 7) is 3.74. The number of likely N-dealkylation sites (tertiary alicyclic amines) is 1. The van der Waals surface area contributed by atoms with Gasteiger partial charge in [0.25, 0.3) is 0 Å². The Labute approximate surface area is 143 Å². The zero-order valence-corrected chi connectivity index (χ0v) is 14.6. The van der Waals surface area contributed by atoms with Gasteiger partial charge < -0.3 is 20.1 Å². The van der Waals surface area contributed by atoms with E-state index in [1.165, 1.54) is 19.3 Å². The number of carboxylic acids is 1. The van der Waals surface area contributed by atoms with Crippen LogP contribution in [0.1, 0.15) is 58.3 Å². The normalized spacial score (nSPS) is 32.2. The molecule has 3 aliphatic rings. The number of carbonyl (C=O) groups excluding carboxylic acids is 1. The Morgan fingerprint density at radius 1 is 1.25 bits per heavy atom. The number of nitrogens with zero attached hydrogens (tertiary/aromatic N) is 1. The standard InChI is InChI=1S/C18H30N2O4/c1-2-24-15-11-14(18(15)8-4-3-5-9-18)19-17(23)20-10-6-7-13(12-20)16(21)22/h13-15H,2-12H2,1H3,(H,19,23)(H,21,22). The maximum absolute atomic E-state index is 12.6. The molecule has 1 aliphatic heterocycles. The molecule has 24 heavy (non-hydrogen) atoms. The van der Waals surface area contributed by atoms with Gasteiger partial charge in [-0.1, -0.05) is 19.3 Å². The van der Waals surface area contributed by atoms with E-state index in [1.807, 2.05) is 6.92 Å². The van der Waals surface area contributed by atoms with Crippen LogP contribution in [0.5, 0.6) is 0 Å². The second-order valence-corrected chi connectivity index (χ2v) is 7.60. The summed E-state index contributed by atoms with van der Waals surface area (Å²) in [5, 5.41) is 12.4. The van der Waals surface area contributed by atoms with E-state index in [0.717, 1.165) is 32.3 Å². The summed E-state index contributed by atoms with van der Waals surface area (Å²) in [5.41, 5.74) is 0.103. The molecule has 3 unspecified atom stereocenters. The molecule has 1 heterocycles. The van der Waals surface area contributed by atoms with Crippen LogP contribution in [0, 0.1) is 11.3 Å². The number of carboxylic acid groups (broad SMARTS) is 1. The molecule has 3 rings (SSSR count). The van der Waals surface area contributed by atoms with Crippen LogP contribution >= 0.6 is 0 Å². The van der Waals surface area contributed by atoms with Gasteiger partial charge in [0.15, 0.2) is 0 Å². The fourth-order valence-electron chi connectivity index (χ4n) is 4.87. The lowest BCUT2D eigenvalue weighted by Gasteiger charge is -2.57. The van der Waals surface area contributed by atoms with E-state index in [9.17, 15) is 14.7 Å². The molecule has 0 aromatic heterocycles. The van der Waals surface area contributed by atoms with Crippen molar-refractivity contribution in [3.63, 3.8) is 0 Å². The van der Waals surface area contributed by atoms with Crippen LogP contribution in [0.2, 0.25) is 0 Å². The van der Waals surface area contributed by atoms with Crippen molar-refractivity contribution >= 4 is 12.0 Å². The highest BCUT2D eigenvalue weighted by atomic mass is 16.5. The maximum Gasteiger partial charge on any atom is 0.317 e. The molecule has 3 atom stereocenters. The third kappa shape index (κ3) is 3.25. The van der Waals surface area contributed by atoms with Gasteiger partial charge in [-0.3, -0.25) is 4.79 Å². The van der Waals surface area contributed by atoms with Crippen molar-refractivity contribution in [1.82, 2.24) is 10.2 Å². The van der Waals surface area contributed by atoms with Crippen molar-refractivity contribution < 1.29 is 19.4 Å². The number of ether oxygens (including phenoxy) is 1. The fraction of sp³-hybridized carbons (Fsp3) is 0.889. The molecule has 1 spiro atoms. The topological polar surface area (TPSA) is 78.9 Å². The van der Waals surface area contributed by atoms with Crippen LogP contribution in [0.25, 0.3) is 0 Å². The number of aliphatic carboxylic acids is 1.